The summed E-state index contributed by atoms with van der Waals surface area (Å²) in [5.74, 6) is -1.08. The molecule has 0 atom stereocenters. The minimum Gasteiger partial charge on any atom is -1.00 e. The maximum atomic E-state index is 8.89. The van der Waals surface area contributed by atoms with Crippen LogP contribution >= 0.6 is 0 Å². The molecule has 0 aromatic heterocycles. The highest BCUT2D eigenvalue weighted by Crippen LogP contribution is 2.17. The number of nitrogens with zero attached hydrogens (tertiary/aromatic N) is 2. The molecule has 0 N–H and O–H groups in total. The van der Waals surface area contributed by atoms with Crippen molar-refractivity contribution in [2.75, 3.05) is 41.3 Å². The Morgan fingerprint density at radius 2 is 0.596 bits per heavy atom. The number of quaternary nitrogens is 2. The molecule has 5 heteroatoms. The molecule has 0 aliphatic rings. The molecule has 0 spiro atoms. The second-order valence-electron chi connectivity index (χ2n) is 18.3. The van der Waals surface area contributed by atoms with E-state index in [2.05, 4.69) is 103 Å². The minimum absolute atomic E-state index is 0. The fourth-order valence-electron chi connectivity index (χ4n) is 7.78. The largest absolute Gasteiger partial charge is 1.00 e. The predicted molar refractivity (Wildman–Crippen MR) is 246 cm³/mol. The third-order valence-electron chi connectivity index (χ3n) is 11.1. The van der Waals surface area contributed by atoms with E-state index in [0.717, 1.165) is 29.0 Å². The Kier molecular flexibility index (Phi) is 41.0. The second-order valence-corrected chi connectivity index (χ2v) is 18.3. The first kappa shape index (κ1) is 57.2. The molecule has 57 heavy (non-hydrogen) atoms. The molecule has 0 saturated carbocycles. The number of carbonyl (C=O) groups is 1. The molecule has 0 heterocycles. The van der Waals surface area contributed by atoms with E-state index in [1.807, 2.05) is 0 Å². The number of halogens is 1. The van der Waals surface area contributed by atoms with Crippen molar-refractivity contribution < 1.29 is 31.3 Å². The number of carboxylic acid groups (broad SMARTS) is 1. The fourth-order valence-corrected chi connectivity index (χ4v) is 7.78. The summed E-state index contributed by atoms with van der Waals surface area (Å²) in [5.41, 5.74) is 2.92. The summed E-state index contributed by atoms with van der Waals surface area (Å²) in [6, 6.07) is 21.9. The lowest BCUT2D eigenvalue weighted by atomic mass is 10.0. The Hall–Kier alpha value is -1.88. The van der Waals surface area contributed by atoms with E-state index in [-0.39, 0.29) is 12.4 Å². The Balaban J connectivity index is 0. The van der Waals surface area contributed by atoms with Crippen LogP contribution in [-0.4, -0.2) is 56.2 Å². The highest BCUT2D eigenvalue weighted by molar-refractivity contribution is 5.60. The Labute approximate surface area is 362 Å². The van der Waals surface area contributed by atoms with Gasteiger partial charge in [0.1, 0.15) is 13.1 Å². The predicted octanol–water partition coefficient (Wildman–Crippen LogP) is 11.2. The molecule has 332 valence electrons. The van der Waals surface area contributed by atoms with Gasteiger partial charge in [-0.05, 0) is 32.6 Å². The monoisotopic (exact) mass is 815 g/mol. The van der Waals surface area contributed by atoms with Crippen molar-refractivity contribution >= 4 is 5.97 Å². The molecule has 0 fully saturated rings. The van der Waals surface area contributed by atoms with Crippen LogP contribution in [0.4, 0.5) is 0 Å². The molecule has 2 rings (SSSR count). The van der Waals surface area contributed by atoms with Gasteiger partial charge in [-0.3, -0.25) is 0 Å². The fraction of sp³-hybridized carbons (Fsp3) is 0.750. The third-order valence-corrected chi connectivity index (χ3v) is 11.1. The Bertz CT molecular complexity index is 1010. The van der Waals surface area contributed by atoms with E-state index < -0.39 is 5.97 Å². The lowest BCUT2D eigenvalue weighted by molar-refractivity contribution is -0.903. The molecule has 0 unspecified atom stereocenters. The van der Waals surface area contributed by atoms with Gasteiger partial charge < -0.3 is 31.3 Å². The van der Waals surface area contributed by atoms with Crippen LogP contribution in [0, 0.1) is 0 Å². The Morgan fingerprint density at radius 1 is 0.404 bits per heavy atom. The van der Waals surface area contributed by atoms with Gasteiger partial charge in [0.05, 0.1) is 41.3 Å². The average molecular weight is 816 g/mol. The van der Waals surface area contributed by atoms with Crippen molar-refractivity contribution in [1.29, 1.82) is 0 Å². The van der Waals surface area contributed by atoms with Crippen LogP contribution in [0.3, 0.4) is 0 Å². The van der Waals surface area contributed by atoms with Crippen molar-refractivity contribution in [2.45, 2.75) is 214 Å². The summed E-state index contributed by atoms with van der Waals surface area (Å²) in [5, 5.41) is 8.89. The molecule has 2 aromatic rings. The van der Waals surface area contributed by atoms with Gasteiger partial charge in [0.25, 0.3) is 0 Å². The highest BCUT2D eigenvalue weighted by Gasteiger charge is 2.16. The van der Waals surface area contributed by atoms with Gasteiger partial charge in [0.15, 0.2) is 0 Å². The van der Waals surface area contributed by atoms with Crippen LogP contribution in [0.25, 0.3) is 0 Å². The number of hydrogen-bond acceptors (Lipinski definition) is 2. The van der Waals surface area contributed by atoms with E-state index in [1.54, 1.807) is 0 Å². The van der Waals surface area contributed by atoms with E-state index in [4.69, 9.17) is 9.90 Å². The van der Waals surface area contributed by atoms with Crippen molar-refractivity contribution in [3.05, 3.63) is 71.8 Å². The van der Waals surface area contributed by atoms with Gasteiger partial charge >= 0.3 is 0 Å². The maximum absolute atomic E-state index is 8.89. The summed E-state index contributed by atoms with van der Waals surface area (Å²) in [6.07, 6.45) is 40.4. The van der Waals surface area contributed by atoms with Gasteiger partial charge in [-0.15, -0.1) is 0 Å². The molecule has 2 aromatic carbocycles. The topological polar surface area (TPSA) is 40.1 Å². The normalized spacial score (nSPS) is 11.2. The number of unbranched alkanes of at least 4 members (excludes halogenated alkanes) is 26. The molecule has 0 amide bonds. The number of hydrogen-bond donors (Lipinski definition) is 0. The van der Waals surface area contributed by atoms with Crippen molar-refractivity contribution in [1.82, 2.24) is 0 Å². The summed E-state index contributed by atoms with van der Waals surface area (Å²) in [4.78, 5) is 8.89. The van der Waals surface area contributed by atoms with Gasteiger partial charge in [0, 0.05) is 17.1 Å². The summed E-state index contributed by atoms with van der Waals surface area (Å²) < 4.78 is 2.23. The Morgan fingerprint density at radius 3 is 0.807 bits per heavy atom. The molecule has 0 radical (unpaired) electrons. The van der Waals surface area contributed by atoms with Crippen LogP contribution in [0.5, 0.6) is 0 Å². The number of rotatable bonds is 34. The molecule has 4 nitrogen and oxygen atoms in total. The van der Waals surface area contributed by atoms with Crippen molar-refractivity contribution in [3.8, 4) is 0 Å². The summed E-state index contributed by atoms with van der Waals surface area (Å²) in [7, 11) is 9.48. The van der Waals surface area contributed by atoms with Crippen molar-refractivity contribution in [2.24, 2.45) is 0 Å². The third kappa shape index (κ3) is 43.5. The van der Waals surface area contributed by atoms with Crippen LogP contribution in [0.15, 0.2) is 60.7 Å². The molecular formula is C52H95ClN2O2. The van der Waals surface area contributed by atoms with E-state index >= 15 is 0 Å². The SMILES string of the molecule is CC(=O)[O-].CCCCCCCCCCCCCCCC[N+](C)(C)Cc1ccccc1.CCCCCCCCCCCCCCCC[N+](C)(C)Cc1ccccc1.[Cl-]. The highest BCUT2D eigenvalue weighted by atomic mass is 35.5. The maximum Gasteiger partial charge on any atom is 0.104 e. The van der Waals surface area contributed by atoms with Crippen LogP contribution in [-0.2, 0) is 17.9 Å². The zero-order chi connectivity index (χ0) is 41.4. The zero-order valence-electron chi connectivity index (χ0n) is 39.0. The molecular weight excluding hydrogens is 720 g/mol. The van der Waals surface area contributed by atoms with Gasteiger partial charge in [0.2, 0.25) is 0 Å². The zero-order valence-corrected chi connectivity index (χ0v) is 39.7. The molecule has 0 saturated heterocycles. The number of benzene rings is 2. The lowest BCUT2D eigenvalue weighted by Gasteiger charge is -2.30. The van der Waals surface area contributed by atoms with Crippen LogP contribution in [0.2, 0.25) is 0 Å². The first-order chi connectivity index (χ1) is 27.0. The van der Waals surface area contributed by atoms with E-state index in [0.29, 0.717) is 0 Å². The van der Waals surface area contributed by atoms with Crippen LogP contribution in [0.1, 0.15) is 212 Å². The van der Waals surface area contributed by atoms with E-state index in [9.17, 15) is 0 Å². The van der Waals surface area contributed by atoms with Gasteiger partial charge in [-0.2, -0.15) is 0 Å². The number of aliphatic carboxylic acids is 1. The van der Waals surface area contributed by atoms with E-state index in [1.165, 1.54) is 204 Å². The molecule has 0 aliphatic heterocycles. The average Bonchev–Trinajstić information content (AvgIpc) is 3.15. The number of carbonyl (C=O) groups excluding carboxylic acids is 1. The first-order valence-electron chi connectivity index (χ1n) is 23.9. The van der Waals surface area contributed by atoms with Gasteiger partial charge in [-0.1, -0.05) is 229 Å². The lowest BCUT2D eigenvalue weighted by Crippen LogP contribution is -3.00. The molecule has 0 bridgehead atoms. The van der Waals surface area contributed by atoms with Gasteiger partial charge in [-0.25, -0.2) is 0 Å². The summed E-state index contributed by atoms with van der Waals surface area (Å²) >= 11 is 0. The molecule has 0 aliphatic carbocycles. The smallest absolute Gasteiger partial charge is 0.104 e. The minimum atomic E-state index is -1.08. The van der Waals surface area contributed by atoms with Crippen molar-refractivity contribution in [3.63, 3.8) is 0 Å². The number of carboxylic acids is 1. The van der Waals surface area contributed by atoms with Crippen LogP contribution < -0.4 is 17.5 Å². The second kappa shape index (κ2) is 40.9. The summed E-state index contributed by atoms with van der Waals surface area (Å²) in [6.45, 7) is 10.5. The quantitative estimate of drug-likeness (QED) is 0.0521. The standard InChI is InChI=1S/2C25H46N.C2H4O2.ClH/c2*1-4-5-6-7-8-9-10-11-12-13-14-15-16-20-23-26(2,3)24-25-21-18-17-19-22-25;1-2(3)4;/h2*17-19,21-22H,4-16,20,23-24H2,1-3H3;1H3,(H,3,4);1H/q2*+1;;/p-2. The first-order valence-corrected chi connectivity index (χ1v) is 23.9.